The molecule has 208 valence electrons. The van der Waals surface area contributed by atoms with Crippen LogP contribution in [0.3, 0.4) is 0 Å². The second-order valence-corrected chi connectivity index (χ2v) is 10.1. The number of carbonyl (C=O) groups excluding carboxylic acids is 3. The highest BCUT2D eigenvalue weighted by atomic mass is 16.5. The third-order valence-electron chi connectivity index (χ3n) is 7.62. The van der Waals surface area contributed by atoms with Crippen molar-refractivity contribution in [2.45, 2.75) is 19.3 Å². The normalized spacial score (nSPS) is 13.2. The van der Waals surface area contributed by atoms with Crippen molar-refractivity contribution < 1.29 is 19.1 Å². The van der Waals surface area contributed by atoms with E-state index in [1.165, 1.54) is 4.90 Å². The highest BCUT2D eigenvalue weighted by molar-refractivity contribution is 6.21. The molecule has 1 atom stereocenters. The van der Waals surface area contributed by atoms with Gasteiger partial charge in [0.1, 0.15) is 12.4 Å². The quantitative estimate of drug-likeness (QED) is 0.204. The van der Waals surface area contributed by atoms with Crippen LogP contribution in [0.1, 0.15) is 61.5 Å². The van der Waals surface area contributed by atoms with Crippen molar-refractivity contribution in [3.63, 3.8) is 0 Å². The molecule has 1 aliphatic heterocycles. The number of anilines is 1. The van der Waals surface area contributed by atoms with Gasteiger partial charge < -0.3 is 10.1 Å². The number of para-hydroxylation sites is 1. The summed E-state index contributed by atoms with van der Waals surface area (Å²) in [7, 11) is 0. The molecule has 7 heteroatoms. The molecule has 6 rings (SSSR count). The second-order valence-electron chi connectivity index (χ2n) is 10.1. The number of ether oxygens (including phenoxy) is 1. The Morgan fingerprint density at radius 1 is 0.833 bits per heavy atom. The Balaban J connectivity index is 1.31. The van der Waals surface area contributed by atoms with Gasteiger partial charge in [-0.2, -0.15) is 0 Å². The first-order valence-corrected chi connectivity index (χ1v) is 14.0. The molecular formula is C35H29N3O4. The van der Waals surface area contributed by atoms with E-state index < -0.39 is 0 Å². The van der Waals surface area contributed by atoms with E-state index in [9.17, 15) is 14.4 Å². The van der Waals surface area contributed by atoms with Crippen molar-refractivity contribution >= 4 is 34.3 Å². The number of amides is 3. The van der Waals surface area contributed by atoms with E-state index in [2.05, 4.69) is 29.4 Å². The molecular weight excluding hydrogens is 526 g/mol. The predicted molar refractivity (Wildman–Crippen MR) is 162 cm³/mol. The van der Waals surface area contributed by atoms with E-state index >= 15 is 0 Å². The maximum Gasteiger partial charge on any atom is 0.261 e. The van der Waals surface area contributed by atoms with Crippen LogP contribution < -0.4 is 10.1 Å². The number of imide groups is 1. The van der Waals surface area contributed by atoms with Crippen LogP contribution in [0.4, 0.5) is 5.69 Å². The number of hydrogen-bond acceptors (Lipinski definition) is 5. The molecule has 5 aromatic rings. The fourth-order valence-corrected chi connectivity index (χ4v) is 5.60. The third-order valence-corrected chi connectivity index (χ3v) is 7.62. The van der Waals surface area contributed by atoms with Gasteiger partial charge >= 0.3 is 0 Å². The largest absolute Gasteiger partial charge is 0.491 e. The van der Waals surface area contributed by atoms with Crippen molar-refractivity contribution in [2.24, 2.45) is 0 Å². The second kappa shape index (κ2) is 11.7. The van der Waals surface area contributed by atoms with Crippen molar-refractivity contribution in [3.8, 4) is 5.75 Å². The summed E-state index contributed by atoms with van der Waals surface area (Å²) in [6.45, 7) is 2.30. The molecule has 1 N–H and O–H groups in total. The number of rotatable bonds is 9. The lowest BCUT2D eigenvalue weighted by atomic mass is 9.87. The van der Waals surface area contributed by atoms with Gasteiger partial charge in [-0.3, -0.25) is 24.3 Å². The van der Waals surface area contributed by atoms with Crippen molar-refractivity contribution in [2.75, 3.05) is 18.5 Å². The van der Waals surface area contributed by atoms with Crippen molar-refractivity contribution in [3.05, 3.63) is 137 Å². The van der Waals surface area contributed by atoms with Gasteiger partial charge in [0.05, 0.1) is 28.8 Å². The van der Waals surface area contributed by atoms with Gasteiger partial charge in [-0.15, -0.1) is 0 Å². The highest BCUT2D eigenvalue weighted by Gasteiger charge is 2.35. The maximum atomic E-state index is 13.6. The van der Waals surface area contributed by atoms with E-state index in [0.29, 0.717) is 28.1 Å². The zero-order valence-electron chi connectivity index (χ0n) is 23.1. The van der Waals surface area contributed by atoms with Crippen LogP contribution in [-0.4, -0.2) is 40.8 Å². The van der Waals surface area contributed by atoms with Crippen LogP contribution in [0.5, 0.6) is 5.75 Å². The molecule has 4 aromatic carbocycles. The molecule has 7 nitrogen and oxygen atoms in total. The average molecular weight is 556 g/mol. The number of aromatic nitrogens is 1. The number of benzene rings is 4. The Hall–Kier alpha value is -5.30. The zero-order chi connectivity index (χ0) is 29.1. The van der Waals surface area contributed by atoms with Crippen LogP contribution in [0.15, 0.2) is 109 Å². The Morgan fingerprint density at radius 2 is 1.52 bits per heavy atom. The number of hydrogen-bond donors (Lipinski definition) is 1. The average Bonchev–Trinajstić information content (AvgIpc) is 3.27. The molecule has 0 bridgehead atoms. The monoisotopic (exact) mass is 555 g/mol. The molecule has 0 radical (unpaired) electrons. The number of nitrogens with one attached hydrogen (secondary N) is 1. The Bertz CT molecular complexity index is 1760. The molecule has 3 amide bonds. The number of carbonyl (C=O) groups is 3. The van der Waals surface area contributed by atoms with Gasteiger partial charge in [-0.05, 0) is 48.4 Å². The highest BCUT2D eigenvalue weighted by Crippen LogP contribution is 2.40. The molecule has 2 heterocycles. The van der Waals surface area contributed by atoms with Gasteiger partial charge in [0, 0.05) is 28.8 Å². The standard InChI is InChI=1S/C35H29N3O4/c1-2-24(23-11-4-3-5-12-23)32-30(37-33(39)26-19-20-36-29-16-9-8-13-25(26)29)17-10-18-31(32)42-22-21-38-34(40)27-14-6-7-15-28(27)35(38)41/h3-20,24H,2,21-22H2,1H3,(H,37,39). The van der Waals surface area contributed by atoms with Crippen molar-refractivity contribution in [1.29, 1.82) is 0 Å². The minimum absolute atomic E-state index is 0.0776. The summed E-state index contributed by atoms with van der Waals surface area (Å²) < 4.78 is 6.29. The lowest BCUT2D eigenvalue weighted by Crippen LogP contribution is -2.33. The van der Waals surface area contributed by atoms with E-state index in [-0.39, 0.29) is 36.8 Å². The molecule has 0 fully saturated rings. The van der Waals surface area contributed by atoms with E-state index in [1.54, 1.807) is 36.5 Å². The van der Waals surface area contributed by atoms with E-state index in [4.69, 9.17) is 4.74 Å². The number of fused-ring (bicyclic) bond motifs is 2. The molecule has 0 spiro atoms. The van der Waals surface area contributed by atoms with Gasteiger partial charge in [0.15, 0.2) is 0 Å². The Kier molecular flexibility index (Phi) is 7.47. The number of pyridine rings is 1. The summed E-state index contributed by atoms with van der Waals surface area (Å²) in [6.07, 6.45) is 2.39. The minimum Gasteiger partial charge on any atom is -0.491 e. The first kappa shape index (κ1) is 26.9. The van der Waals surface area contributed by atoms with E-state index in [0.717, 1.165) is 28.5 Å². The lowest BCUT2D eigenvalue weighted by molar-refractivity contribution is 0.0630. The Labute approximate surface area is 243 Å². The fourth-order valence-electron chi connectivity index (χ4n) is 5.60. The summed E-state index contributed by atoms with van der Waals surface area (Å²) in [5.74, 6) is -0.381. The smallest absolute Gasteiger partial charge is 0.261 e. The van der Waals surface area contributed by atoms with Crippen LogP contribution in [0.2, 0.25) is 0 Å². The minimum atomic E-state index is -0.319. The van der Waals surface area contributed by atoms with Crippen LogP contribution in [-0.2, 0) is 0 Å². The van der Waals surface area contributed by atoms with Crippen LogP contribution in [0, 0.1) is 0 Å². The van der Waals surface area contributed by atoms with E-state index in [1.807, 2.05) is 60.7 Å². The van der Waals surface area contributed by atoms with Gasteiger partial charge in [0.2, 0.25) is 0 Å². The first-order chi connectivity index (χ1) is 20.6. The Morgan fingerprint density at radius 3 is 2.26 bits per heavy atom. The van der Waals surface area contributed by atoms with Gasteiger partial charge in [-0.25, -0.2) is 0 Å². The topological polar surface area (TPSA) is 88.6 Å². The molecule has 1 aliphatic rings. The first-order valence-electron chi connectivity index (χ1n) is 14.0. The maximum absolute atomic E-state index is 13.6. The fraction of sp³-hybridized carbons (Fsp3) is 0.143. The summed E-state index contributed by atoms with van der Waals surface area (Å²) in [5.41, 5.74) is 4.64. The van der Waals surface area contributed by atoms with Crippen LogP contribution in [0.25, 0.3) is 10.9 Å². The van der Waals surface area contributed by atoms with Gasteiger partial charge in [0.25, 0.3) is 17.7 Å². The lowest BCUT2D eigenvalue weighted by Gasteiger charge is -2.24. The third kappa shape index (κ3) is 5.01. The molecule has 0 aliphatic carbocycles. The summed E-state index contributed by atoms with van der Waals surface area (Å²) in [6, 6.07) is 31.7. The molecule has 0 saturated heterocycles. The molecule has 42 heavy (non-hydrogen) atoms. The summed E-state index contributed by atoms with van der Waals surface area (Å²) >= 11 is 0. The molecule has 0 saturated carbocycles. The number of nitrogens with zero attached hydrogens (tertiary/aromatic N) is 2. The molecule has 1 unspecified atom stereocenters. The molecule has 1 aromatic heterocycles. The summed E-state index contributed by atoms with van der Waals surface area (Å²) in [5, 5.41) is 3.90. The zero-order valence-corrected chi connectivity index (χ0v) is 23.1. The SMILES string of the molecule is CCC(c1ccccc1)c1c(NC(=O)c2ccnc3ccccc23)cccc1OCCN1C(=O)c2ccccc2C1=O. The predicted octanol–water partition coefficient (Wildman–Crippen LogP) is 6.70. The van der Waals surface area contributed by atoms with Crippen molar-refractivity contribution in [1.82, 2.24) is 9.88 Å². The van der Waals surface area contributed by atoms with Crippen LogP contribution >= 0.6 is 0 Å². The summed E-state index contributed by atoms with van der Waals surface area (Å²) in [4.78, 5) is 45.0. The van der Waals surface area contributed by atoms with Gasteiger partial charge in [-0.1, -0.05) is 73.7 Å².